The quantitative estimate of drug-likeness (QED) is 0.614. The molecular formula is C21H24N4O3. The highest BCUT2D eigenvalue weighted by atomic mass is 16.3. The highest BCUT2D eigenvalue weighted by Gasteiger charge is 2.13. The maximum absolute atomic E-state index is 12.4. The number of aryl methyl sites for hydroxylation is 4. The second-order valence-corrected chi connectivity index (χ2v) is 6.72. The molecule has 1 aromatic carbocycles. The summed E-state index contributed by atoms with van der Waals surface area (Å²) in [7, 11) is 0. The zero-order valence-corrected chi connectivity index (χ0v) is 16.3. The summed E-state index contributed by atoms with van der Waals surface area (Å²) in [5.41, 5.74) is 4.04. The van der Waals surface area contributed by atoms with Crippen molar-refractivity contribution in [2.45, 2.75) is 33.7 Å². The van der Waals surface area contributed by atoms with E-state index < -0.39 is 0 Å². The van der Waals surface area contributed by atoms with E-state index in [1.807, 2.05) is 37.6 Å². The number of benzene rings is 1. The van der Waals surface area contributed by atoms with Crippen LogP contribution in [0.15, 0.2) is 47.1 Å². The number of furan rings is 1. The van der Waals surface area contributed by atoms with Gasteiger partial charge in [-0.25, -0.2) is 0 Å². The molecule has 0 atom stereocenters. The summed E-state index contributed by atoms with van der Waals surface area (Å²) in [5, 5.41) is 10.1. The van der Waals surface area contributed by atoms with Crippen molar-refractivity contribution in [2.75, 3.05) is 11.9 Å². The molecule has 0 spiro atoms. The van der Waals surface area contributed by atoms with E-state index in [0.717, 1.165) is 29.9 Å². The number of amides is 2. The third-order valence-electron chi connectivity index (χ3n) is 4.43. The van der Waals surface area contributed by atoms with Crippen molar-refractivity contribution in [1.82, 2.24) is 15.1 Å². The molecule has 0 unspecified atom stereocenters. The average Bonchev–Trinajstić information content (AvgIpc) is 3.30. The van der Waals surface area contributed by atoms with Gasteiger partial charge in [0.25, 0.3) is 11.8 Å². The zero-order chi connectivity index (χ0) is 20.1. The molecule has 0 radical (unpaired) electrons. The maximum Gasteiger partial charge on any atom is 0.291 e. The molecule has 2 heterocycles. The van der Waals surface area contributed by atoms with Gasteiger partial charge in [-0.05, 0) is 63.1 Å². The van der Waals surface area contributed by atoms with Gasteiger partial charge in [0.2, 0.25) is 0 Å². The summed E-state index contributed by atoms with van der Waals surface area (Å²) in [5.74, 6) is -0.309. The number of aromatic nitrogens is 2. The molecule has 0 aliphatic carbocycles. The first-order valence-corrected chi connectivity index (χ1v) is 9.19. The maximum atomic E-state index is 12.4. The minimum Gasteiger partial charge on any atom is -0.459 e. The van der Waals surface area contributed by atoms with Gasteiger partial charge in [-0.3, -0.25) is 14.3 Å². The first-order chi connectivity index (χ1) is 13.4. The van der Waals surface area contributed by atoms with E-state index in [2.05, 4.69) is 15.7 Å². The first kappa shape index (κ1) is 19.4. The highest BCUT2D eigenvalue weighted by Crippen LogP contribution is 2.18. The highest BCUT2D eigenvalue weighted by molar-refractivity contribution is 6.03. The molecule has 0 saturated carbocycles. The predicted octanol–water partition coefficient (Wildman–Crippen LogP) is 3.47. The molecule has 146 valence electrons. The molecule has 3 rings (SSSR count). The first-order valence-electron chi connectivity index (χ1n) is 9.19. The van der Waals surface area contributed by atoms with Crippen molar-refractivity contribution in [3.8, 4) is 0 Å². The molecule has 0 fully saturated rings. The standard InChI is InChI=1S/C21H24N4O3/c1-14-7-8-17(13-18(14)23-21(27)19-6-4-11-28-19)20(26)22-9-5-10-25-16(3)12-15(2)24-25/h4,6-8,11-13H,5,9-10H2,1-3H3,(H,22,26)(H,23,27). The number of anilines is 1. The molecular weight excluding hydrogens is 356 g/mol. The molecule has 2 aromatic heterocycles. The van der Waals surface area contributed by atoms with Crippen LogP contribution in [0.5, 0.6) is 0 Å². The summed E-state index contributed by atoms with van der Waals surface area (Å²) < 4.78 is 7.04. The Labute approximate surface area is 163 Å². The largest absolute Gasteiger partial charge is 0.459 e. The fraction of sp³-hybridized carbons (Fsp3) is 0.286. The lowest BCUT2D eigenvalue weighted by atomic mass is 10.1. The SMILES string of the molecule is Cc1cc(C)n(CCCNC(=O)c2ccc(C)c(NC(=O)c3ccco3)c2)n1. The van der Waals surface area contributed by atoms with E-state index in [4.69, 9.17) is 4.42 Å². The van der Waals surface area contributed by atoms with E-state index in [-0.39, 0.29) is 17.6 Å². The predicted molar refractivity (Wildman–Crippen MR) is 106 cm³/mol. The smallest absolute Gasteiger partial charge is 0.291 e. The number of nitrogens with one attached hydrogen (secondary N) is 2. The molecule has 28 heavy (non-hydrogen) atoms. The summed E-state index contributed by atoms with van der Waals surface area (Å²) in [6, 6.07) is 10.5. The number of nitrogens with zero attached hydrogens (tertiary/aromatic N) is 2. The van der Waals surface area contributed by atoms with Crippen LogP contribution in [-0.2, 0) is 6.54 Å². The molecule has 0 aliphatic heterocycles. The van der Waals surface area contributed by atoms with Crippen molar-refractivity contribution >= 4 is 17.5 Å². The zero-order valence-electron chi connectivity index (χ0n) is 16.3. The van der Waals surface area contributed by atoms with Gasteiger partial charge in [0.1, 0.15) is 0 Å². The van der Waals surface area contributed by atoms with Gasteiger partial charge >= 0.3 is 0 Å². The van der Waals surface area contributed by atoms with Crippen molar-refractivity contribution in [3.63, 3.8) is 0 Å². The lowest BCUT2D eigenvalue weighted by molar-refractivity contribution is 0.0950. The summed E-state index contributed by atoms with van der Waals surface area (Å²) in [4.78, 5) is 24.6. The van der Waals surface area contributed by atoms with Crippen LogP contribution in [0.1, 0.15) is 44.3 Å². The van der Waals surface area contributed by atoms with Crippen LogP contribution in [0, 0.1) is 20.8 Å². The third kappa shape index (κ3) is 4.68. The molecule has 2 N–H and O–H groups in total. The Kier molecular flexibility index (Phi) is 5.93. The van der Waals surface area contributed by atoms with E-state index in [0.29, 0.717) is 17.8 Å². The number of hydrogen-bond acceptors (Lipinski definition) is 4. The number of carbonyl (C=O) groups is 2. The Balaban J connectivity index is 1.56. The second-order valence-electron chi connectivity index (χ2n) is 6.72. The van der Waals surface area contributed by atoms with Crippen LogP contribution >= 0.6 is 0 Å². The van der Waals surface area contributed by atoms with Crippen LogP contribution in [0.4, 0.5) is 5.69 Å². The fourth-order valence-electron chi connectivity index (χ4n) is 2.92. The van der Waals surface area contributed by atoms with Gasteiger partial charge in [0, 0.05) is 30.0 Å². The second kappa shape index (κ2) is 8.56. The monoisotopic (exact) mass is 380 g/mol. The van der Waals surface area contributed by atoms with Crippen LogP contribution in [0.25, 0.3) is 0 Å². The fourth-order valence-corrected chi connectivity index (χ4v) is 2.92. The van der Waals surface area contributed by atoms with Crippen molar-refractivity contribution in [2.24, 2.45) is 0 Å². The lowest BCUT2D eigenvalue weighted by Crippen LogP contribution is -2.25. The normalized spacial score (nSPS) is 10.7. The Morgan fingerprint density at radius 3 is 2.61 bits per heavy atom. The Hall–Kier alpha value is -3.35. The summed E-state index contributed by atoms with van der Waals surface area (Å²) in [6.45, 7) is 7.14. The van der Waals surface area contributed by atoms with Crippen molar-refractivity contribution < 1.29 is 14.0 Å². The summed E-state index contributed by atoms with van der Waals surface area (Å²) >= 11 is 0. The molecule has 7 heteroatoms. The minimum absolute atomic E-state index is 0.179. The van der Waals surface area contributed by atoms with Crippen molar-refractivity contribution in [3.05, 3.63) is 70.9 Å². The number of carbonyl (C=O) groups excluding carboxylic acids is 2. The van der Waals surface area contributed by atoms with E-state index >= 15 is 0 Å². The van der Waals surface area contributed by atoms with Gasteiger partial charge in [-0.15, -0.1) is 0 Å². The summed E-state index contributed by atoms with van der Waals surface area (Å²) in [6.07, 6.45) is 2.22. The van der Waals surface area contributed by atoms with Gasteiger partial charge in [-0.1, -0.05) is 6.07 Å². The van der Waals surface area contributed by atoms with Crippen LogP contribution in [-0.4, -0.2) is 28.1 Å². The van der Waals surface area contributed by atoms with E-state index in [9.17, 15) is 9.59 Å². The minimum atomic E-state index is -0.351. The Morgan fingerprint density at radius 2 is 1.93 bits per heavy atom. The molecule has 3 aromatic rings. The molecule has 2 amide bonds. The van der Waals surface area contributed by atoms with Gasteiger partial charge < -0.3 is 15.1 Å². The molecule has 7 nitrogen and oxygen atoms in total. The van der Waals surface area contributed by atoms with Crippen LogP contribution in [0.2, 0.25) is 0 Å². The van der Waals surface area contributed by atoms with Gasteiger partial charge in [-0.2, -0.15) is 5.10 Å². The van der Waals surface area contributed by atoms with Crippen LogP contribution in [0.3, 0.4) is 0 Å². The van der Waals surface area contributed by atoms with Gasteiger partial charge in [0.05, 0.1) is 12.0 Å². The topological polar surface area (TPSA) is 89.2 Å². The Morgan fingerprint density at radius 1 is 1.11 bits per heavy atom. The number of rotatable bonds is 7. The van der Waals surface area contributed by atoms with E-state index in [1.54, 1.807) is 24.3 Å². The van der Waals surface area contributed by atoms with Gasteiger partial charge in [0.15, 0.2) is 5.76 Å². The Bertz CT molecular complexity index is 974. The average molecular weight is 380 g/mol. The molecule has 0 aliphatic rings. The molecule has 0 bridgehead atoms. The van der Waals surface area contributed by atoms with Crippen LogP contribution < -0.4 is 10.6 Å². The third-order valence-corrected chi connectivity index (χ3v) is 4.43. The van der Waals surface area contributed by atoms with E-state index in [1.165, 1.54) is 6.26 Å². The number of hydrogen-bond donors (Lipinski definition) is 2. The molecule has 0 saturated heterocycles. The van der Waals surface area contributed by atoms with Crippen molar-refractivity contribution in [1.29, 1.82) is 0 Å². The lowest BCUT2D eigenvalue weighted by Gasteiger charge is -2.11.